The van der Waals surface area contributed by atoms with E-state index < -0.39 is 17.0 Å². The van der Waals surface area contributed by atoms with Crippen molar-refractivity contribution in [2.45, 2.75) is 92.4 Å². The van der Waals surface area contributed by atoms with E-state index in [0.29, 0.717) is 0 Å². The standard InChI is InChI=1S/C4H10S.3C4H9.Sn/c1-2-3-4-5;3*1-3-4-2;/h5H,2-4H2,1H3;3*1,3-4H2,2H3;/q;;;;+1/p-1. The van der Waals surface area contributed by atoms with Gasteiger partial charge in [-0.25, -0.2) is 0 Å². The molecule has 0 amide bonds. The summed E-state index contributed by atoms with van der Waals surface area (Å²) in [6.07, 6.45) is 11.6. The summed E-state index contributed by atoms with van der Waals surface area (Å²) in [4.78, 5) is 0. The van der Waals surface area contributed by atoms with Crippen molar-refractivity contribution in [3.05, 3.63) is 0 Å². The molecule has 0 aromatic carbocycles. The van der Waals surface area contributed by atoms with Crippen molar-refractivity contribution in [2.24, 2.45) is 0 Å². The fourth-order valence-electron chi connectivity index (χ4n) is 2.52. The van der Waals surface area contributed by atoms with Gasteiger partial charge in [0.25, 0.3) is 0 Å². The first-order valence-electron chi connectivity index (χ1n) is 8.38. The van der Waals surface area contributed by atoms with Crippen LogP contribution in [-0.4, -0.2) is 22.7 Å². The zero-order chi connectivity index (χ0) is 13.7. The number of hydrogen-bond donors (Lipinski definition) is 0. The topological polar surface area (TPSA) is 0 Å². The first kappa shape index (κ1) is 19.1. The van der Waals surface area contributed by atoms with Gasteiger partial charge in [-0.3, -0.25) is 0 Å². The zero-order valence-electron chi connectivity index (χ0n) is 13.4. The molecule has 0 rings (SSSR count). The van der Waals surface area contributed by atoms with Crippen molar-refractivity contribution in [3.8, 4) is 0 Å². The van der Waals surface area contributed by atoms with Gasteiger partial charge in [0.2, 0.25) is 0 Å². The van der Waals surface area contributed by atoms with Gasteiger partial charge in [0.05, 0.1) is 0 Å². The molecular formula is C16H36SSn. The van der Waals surface area contributed by atoms with Crippen molar-refractivity contribution >= 4 is 25.9 Å². The van der Waals surface area contributed by atoms with Gasteiger partial charge < -0.3 is 0 Å². The molecule has 110 valence electrons. The molecule has 0 unspecified atom stereocenters. The third-order valence-corrected chi connectivity index (χ3v) is 26.9. The van der Waals surface area contributed by atoms with Crippen LogP contribution in [0.3, 0.4) is 0 Å². The molecule has 0 heterocycles. The van der Waals surface area contributed by atoms with Crippen LogP contribution in [0.4, 0.5) is 0 Å². The fraction of sp³-hybridized carbons (Fsp3) is 1.00. The maximum atomic E-state index is 2.52. The minimum atomic E-state index is -1.80. The van der Waals surface area contributed by atoms with E-state index in [1.807, 2.05) is 0 Å². The molecule has 0 saturated heterocycles. The van der Waals surface area contributed by atoms with Gasteiger partial charge in [0, 0.05) is 0 Å². The Morgan fingerprint density at radius 3 is 1.33 bits per heavy atom. The summed E-state index contributed by atoms with van der Waals surface area (Å²) >= 11 is -1.80. The van der Waals surface area contributed by atoms with Crippen molar-refractivity contribution in [1.29, 1.82) is 0 Å². The number of rotatable bonds is 13. The van der Waals surface area contributed by atoms with Gasteiger partial charge in [-0.15, -0.1) is 0 Å². The first-order chi connectivity index (χ1) is 8.74. The summed E-state index contributed by atoms with van der Waals surface area (Å²) in [7, 11) is 2.52. The number of hydrogen-bond acceptors (Lipinski definition) is 1. The Bertz CT molecular complexity index is 149. The average molecular weight is 379 g/mol. The van der Waals surface area contributed by atoms with Crippen LogP contribution in [0.25, 0.3) is 0 Å². The van der Waals surface area contributed by atoms with Gasteiger partial charge >= 0.3 is 124 Å². The maximum absolute atomic E-state index is 2.52. The Kier molecular flexibility index (Phi) is 14.0. The third-order valence-electron chi connectivity index (χ3n) is 3.86. The molecule has 2 heteroatoms. The van der Waals surface area contributed by atoms with Gasteiger partial charge in [-0.1, -0.05) is 0 Å². The normalized spacial score (nSPS) is 12.0. The molecule has 0 atom stereocenters. The van der Waals surface area contributed by atoms with Crippen molar-refractivity contribution in [2.75, 3.05) is 5.75 Å². The van der Waals surface area contributed by atoms with Crippen LogP contribution in [0, 0.1) is 0 Å². The van der Waals surface area contributed by atoms with Crippen LogP contribution in [-0.2, 0) is 0 Å². The Hall–Kier alpha value is 1.15. The monoisotopic (exact) mass is 380 g/mol. The molecule has 0 spiro atoms. The molecule has 0 aromatic heterocycles. The molecule has 0 aliphatic rings. The SMILES string of the molecule is CCCC[S][Sn]([CH2]CCC)([CH2]CCC)[CH2]CCC. The summed E-state index contributed by atoms with van der Waals surface area (Å²) in [5.74, 6) is 1.48. The average Bonchev–Trinajstić information content (AvgIpc) is 2.40. The molecule has 0 saturated carbocycles. The summed E-state index contributed by atoms with van der Waals surface area (Å²) in [6, 6.07) is 0. The Morgan fingerprint density at radius 1 is 0.611 bits per heavy atom. The van der Waals surface area contributed by atoms with Crippen LogP contribution in [0.15, 0.2) is 0 Å². The van der Waals surface area contributed by atoms with E-state index in [9.17, 15) is 0 Å². The van der Waals surface area contributed by atoms with Gasteiger partial charge in [0.1, 0.15) is 0 Å². The zero-order valence-corrected chi connectivity index (χ0v) is 17.1. The molecule has 0 aromatic rings. The second kappa shape index (κ2) is 13.1. The van der Waals surface area contributed by atoms with E-state index in [0.717, 1.165) is 0 Å². The second-order valence-electron chi connectivity index (χ2n) is 5.70. The van der Waals surface area contributed by atoms with E-state index in [-0.39, 0.29) is 0 Å². The molecule has 0 N–H and O–H groups in total. The summed E-state index contributed by atoms with van der Waals surface area (Å²) in [5.41, 5.74) is 0. The van der Waals surface area contributed by atoms with E-state index in [1.165, 1.54) is 57.1 Å². The minimum absolute atomic E-state index is 1.38. The quantitative estimate of drug-likeness (QED) is 0.249. The molecule has 0 radical (unpaired) electrons. The second-order valence-corrected chi connectivity index (χ2v) is 25.7. The Morgan fingerprint density at radius 2 is 1.00 bits per heavy atom. The van der Waals surface area contributed by atoms with Crippen LogP contribution < -0.4 is 0 Å². The van der Waals surface area contributed by atoms with E-state index in [1.54, 1.807) is 13.3 Å². The first-order valence-corrected chi connectivity index (χ1v) is 18.9. The van der Waals surface area contributed by atoms with Gasteiger partial charge in [0.15, 0.2) is 0 Å². The van der Waals surface area contributed by atoms with Gasteiger partial charge in [-0.05, 0) is 0 Å². The van der Waals surface area contributed by atoms with Crippen LogP contribution >= 0.6 is 8.95 Å². The predicted molar refractivity (Wildman–Crippen MR) is 92.3 cm³/mol. The van der Waals surface area contributed by atoms with Gasteiger partial charge in [-0.2, -0.15) is 0 Å². The molecule has 0 bridgehead atoms. The molecule has 0 aliphatic carbocycles. The van der Waals surface area contributed by atoms with Crippen LogP contribution in [0.1, 0.15) is 79.1 Å². The van der Waals surface area contributed by atoms with E-state index in [2.05, 4.69) is 36.6 Å². The Balaban J connectivity index is 4.41. The molecule has 0 nitrogen and oxygen atoms in total. The molecule has 0 fully saturated rings. The molecule has 0 aliphatic heterocycles. The summed E-state index contributed by atoms with van der Waals surface area (Å²) in [6.45, 7) is 9.44. The van der Waals surface area contributed by atoms with Crippen LogP contribution in [0.2, 0.25) is 13.3 Å². The predicted octanol–water partition coefficient (Wildman–Crippen LogP) is 6.87. The summed E-state index contributed by atoms with van der Waals surface area (Å²) < 4.78 is 5.00. The van der Waals surface area contributed by atoms with E-state index >= 15 is 0 Å². The molecular weight excluding hydrogens is 343 g/mol. The van der Waals surface area contributed by atoms with Crippen molar-refractivity contribution in [1.82, 2.24) is 0 Å². The third kappa shape index (κ3) is 9.12. The molecule has 18 heavy (non-hydrogen) atoms. The van der Waals surface area contributed by atoms with Crippen molar-refractivity contribution < 1.29 is 0 Å². The van der Waals surface area contributed by atoms with Crippen molar-refractivity contribution in [3.63, 3.8) is 0 Å². The summed E-state index contributed by atoms with van der Waals surface area (Å²) in [5, 5.41) is 0. The fourth-order valence-corrected chi connectivity index (χ4v) is 26.1. The Labute approximate surface area is 123 Å². The number of unbranched alkanes of at least 4 members (excludes halogenated alkanes) is 4. The van der Waals surface area contributed by atoms with E-state index in [4.69, 9.17) is 0 Å². The van der Waals surface area contributed by atoms with Crippen LogP contribution in [0.5, 0.6) is 0 Å².